The third-order valence-corrected chi connectivity index (χ3v) is 9.30. The average molecular weight is 555 g/mol. The summed E-state index contributed by atoms with van der Waals surface area (Å²) in [6, 6.07) is 11.3. The van der Waals surface area contributed by atoms with E-state index in [1.165, 1.54) is 36.4 Å². The molecule has 39 heavy (non-hydrogen) atoms. The van der Waals surface area contributed by atoms with E-state index in [0.29, 0.717) is 65.9 Å². The highest BCUT2D eigenvalue weighted by molar-refractivity contribution is 7.91. The summed E-state index contributed by atoms with van der Waals surface area (Å²) in [4.78, 5) is 26.0. The Bertz CT molecular complexity index is 1330. The number of anilines is 2. The van der Waals surface area contributed by atoms with Crippen molar-refractivity contribution < 1.29 is 23.2 Å². The fourth-order valence-corrected chi connectivity index (χ4v) is 6.72. The van der Waals surface area contributed by atoms with Gasteiger partial charge in [-0.05, 0) is 71.9 Å². The van der Waals surface area contributed by atoms with Crippen LogP contribution in [0.1, 0.15) is 48.3 Å². The molecule has 7 nitrogen and oxygen atoms in total. The van der Waals surface area contributed by atoms with Crippen LogP contribution in [0.3, 0.4) is 0 Å². The summed E-state index contributed by atoms with van der Waals surface area (Å²) in [6.45, 7) is 4.81. The van der Waals surface area contributed by atoms with Crippen molar-refractivity contribution in [3.8, 4) is 0 Å². The van der Waals surface area contributed by atoms with E-state index in [4.69, 9.17) is 9.97 Å². The molecule has 0 bridgehead atoms. The molecule has 2 aliphatic rings. The van der Waals surface area contributed by atoms with Gasteiger partial charge in [0.05, 0.1) is 18.1 Å². The Morgan fingerprint density at radius 3 is 2.28 bits per heavy atom. The number of aromatic nitrogens is 2. The number of aryl methyl sites for hydroxylation is 1. The molecule has 0 aliphatic carbocycles. The number of halogens is 2. The van der Waals surface area contributed by atoms with Gasteiger partial charge in [-0.3, -0.25) is 4.79 Å². The number of nitrogens with zero attached hydrogens (tertiary/aromatic N) is 3. The lowest BCUT2D eigenvalue weighted by atomic mass is 9.68. The van der Waals surface area contributed by atoms with E-state index < -0.39 is 22.4 Å². The monoisotopic (exact) mass is 554 g/mol. The molecule has 0 radical (unpaired) electrons. The van der Waals surface area contributed by atoms with E-state index >= 15 is 0 Å². The zero-order valence-electron chi connectivity index (χ0n) is 22.0. The Kier molecular flexibility index (Phi) is 7.89. The number of carbonyl (C=O) groups is 1. The van der Waals surface area contributed by atoms with Crippen molar-refractivity contribution in [3.63, 3.8) is 0 Å². The lowest BCUT2D eigenvalue weighted by Crippen LogP contribution is -2.48. The molecule has 2 N–H and O–H groups in total. The van der Waals surface area contributed by atoms with Crippen LogP contribution in [0.5, 0.6) is 0 Å². The number of fused-ring (bicyclic) bond motifs is 1. The van der Waals surface area contributed by atoms with Crippen LogP contribution in [0.4, 0.5) is 20.5 Å². The Morgan fingerprint density at radius 1 is 1.08 bits per heavy atom. The van der Waals surface area contributed by atoms with Gasteiger partial charge in [-0.25, -0.2) is 13.8 Å². The molecule has 0 amide bonds. The maximum absolute atomic E-state index is 13.9. The molecule has 10 heteroatoms. The summed E-state index contributed by atoms with van der Waals surface area (Å²) >= 11 is -1.21. The van der Waals surface area contributed by atoms with Gasteiger partial charge in [0.2, 0.25) is 10.8 Å². The second-order valence-electron chi connectivity index (χ2n) is 10.5. The number of benzene rings is 2. The summed E-state index contributed by atoms with van der Waals surface area (Å²) in [5, 5.41) is 13.2. The molecule has 2 atom stereocenters. The van der Waals surface area contributed by atoms with Crippen molar-refractivity contribution in [3.05, 3.63) is 77.0 Å². The molecular weight excluding hydrogens is 522 g/mol. The van der Waals surface area contributed by atoms with Crippen LogP contribution in [0.15, 0.2) is 53.4 Å². The summed E-state index contributed by atoms with van der Waals surface area (Å²) < 4.78 is 40.1. The quantitative estimate of drug-likeness (QED) is 0.317. The van der Waals surface area contributed by atoms with E-state index in [1.807, 2.05) is 18.7 Å². The standard InChI is InChI=1S/C29H32F2N4O3S/c1-18(2)24(17-36)32-27-25-23(11-16-39(25)38)33-28(34-27)35-14-12-29(13-15-35,20-5-9-22(31)10-6-20)26(37)19-3-7-21(30)8-4-19/h3-10,18,24,36H,11-17H2,1-2H3,(H,32,33,34)/t24-,39?/m0/s1. The number of aliphatic hydroxyl groups is 1. The van der Waals surface area contributed by atoms with Gasteiger partial charge in [0.1, 0.15) is 23.1 Å². The molecule has 1 saturated heterocycles. The molecular formula is C29H32F2N4O3S. The third kappa shape index (κ3) is 5.37. The number of rotatable bonds is 8. The highest BCUT2D eigenvalue weighted by Crippen LogP contribution is 2.41. The van der Waals surface area contributed by atoms with Crippen LogP contribution < -0.4 is 10.2 Å². The highest BCUT2D eigenvalue weighted by Gasteiger charge is 2.44. The number of hydrogen-bond acceptors (Lipinski definition) is 7. The van der Waals surface area contributed by atoms with Gasteiger partial charge in [-0.1, -0.05) is 26.0 Å². The minimum absolute atomic E-state index is 0.0895. The van der Waals surface area contributed by atoms with Crippen LogP contribution in [-0.2, 0) is 23.0 Å². The first-order valence-corrected chi connectivity index (χ1v) is 14.5. The summed E-state index contributed by atoms with van der Waals surface area (Å²) in [5.41, 5.74) is 0.939. The largest absolute Gasteiger partial charge is 0.611 e. The molecule has 1 aromatic heterocycles. The number of Topliss-reactive ketones (excluding diaryl/α,β-unsaturated/α-hetero) is 1. The van der Waals surface area contributed by atoms with E-state index in [9.17, 15) is 23.2 Å². The van der Waals surface area contributed by atoms with Crippen LogP contribution in [-0.4, -0.2) is 56.9 Å². The predicted octanol–water partition coefficient (Wildman–Crippen LogP) is 4.27. The van der Waals surface area contributed by atoms with Crippen molar-refractivity contribution in [1.29, 1.82) is 0 Å². The molecule has 2 aromatic carbocycles. The fourth-order valence-electron chi connectivity index (χ4n) is 5.40. The zero-order chi connectivity index (χ0) is 27.7. The van der Waals surface area contributed by atoms with E-state index in [-0.39, 0.29) is 30.2 Å². The Balaban J connectivity index is 1.46. The first-order valence-electron chi connectivity index (χ1n) is 13.2. The number of hydrogen-bond donors (Lipinski definition) is 2. The molecule has 3 aromatic rings. The predicted molar refractivity (Wildman–Crippen MR) is 147 cm³/mol. The van der Waals surface area contributed by atoms with Gasteiger partial charge in [-0.2, -0.15) is 4.98 Å². The van der Waals surface area contributed by atoms with Crippen molar-refractivity contribution >= 4 is 28.7 Å². The highest BCUT2D eigenvalue weighted by atomic mass is 32.2. The topological polar surface area (TPSA) is 101 Å². The van der Waals surface area contributed by atoms with E-state index in [0.717, 1.165) is 5.69 Å². The number of carbonyl (C=O) groups excluding carboxylic acids is 1. The van der Waals surface area contributed by atoms with Gasteiger partial charge in [0.15, 0.2) is 11.6 Å². The second-order valence-corrected chi connectivity index (χ2v) is 12.0. The molecule has 3 heterocycles. The van der Waals surface area contributed by atoms with Crippen LogP contribution in [0.2, 0.25) is 0 Å². The first kappa shape index (κ1) is 27.5. The van der Waals surface area contributed by atoms with Gasteiger partial charge in [0.25, 0.3) is 0 Å². The number of nitrogens with one attached hydrogen (secondary N) is 1. The molecule has 0 spiro atoms. The van der Waals surface area contributed by atoms with Gasteiger partial charge in [0, 0.05) is 25.1 Å². The van der Waals surface area contributed by atoms with Crippen molar-refractivity contribution in [2.24, 2.45) is 5.92 Å². The normalized spacial score (nSPS) is 19.2. The minimum atomic E-state index is -1.21. The fraction of sp³-hybridized carbons (Fsp3) is 0.414. The smallest absolute Gasteiger partial charge is 0.227 e. The summed E-state index contributed by atoms with van der Waals surface area (Å²) in [5.74, 6) is 0.637. The Hall–Kier alpha value is -3.08. The molecule has 1 fully saturated rings. The Morgan fingerprint density at radius 2 is 1.69 bits per heavy atom. The van der Waals surface area contributed by atoms with Crippen LogP contribution in [0.25, 0.3) is 0 Å². The average Bonchev–Trinajstić information content (AvgIpc) is 3.32. The molecule has 5 rings (SSSR count). The van der Waals surface area contributed by atoms with Gasteiger partial charge in [-0.15, -0.1) is 0 Å². The molecule has 2 aliphatic heterocycles. The zero-order valence-corrected chi connectivity index (χ0v) is 22.8. The number of ketones is 1. The molecule has 0 saturated carbocycles. The minimum Gasteiger partial charge on any atom is -0.611 e. The Labute approximate surface area is 229 Å². The van der Waals surface area contributed by atoms with E-state index in [2.05, 4.69) is 5.32 Å². The van der Waals surface area contributed by atoms with E-state index in [1.54, 1.807) is 12.1 Å². The van der Waals surface area contributed by atoms with Gasteiger partial charge >= 0.3 is 0 Å². The maximum Gasteiger partial charge on any atom is 0.227 e. The first-order chi connectivity index (χ1) is 18.7. The third-order valence-electron chi connectivity index (χ3n) is 7.84. The SMILES string of the molecule is CC(C)[C@H](CO)Nc1nc(N2CCC(C(=O)c3ccc(F)cc3)(c3ccc(F)cc3)CC2)nc2c1[S+]([O-])CC2. The number of aliphatic hydroxyl groups excluding tert-OH is 1. The molecule has 206 valence electrons. The maximum atomic E-state index is 13.9. The van der Waals surface area contributed by atoms with Crippen LogP contribution >= 0.6 is 0 Å². The van der Waals surface area contributed by atoms with Crippen molar-refractivity contribution in [1.82, 2.24) is 9.97 Å². The summed E-state index contributed by atoms with van der Waals surface area (Å²) in [6.07, 6.45) is 1.43. The van der Waals surface area contributed by atoms with Gasteiger partial charge < -0.3 is 19.9 Å². The molecule has 1 unspecified atom stereocenters. The lowest BCUT2D eigenvalue weighted by Gasteiger charge is -2.41. The second kappa shape index (κ2) is 11.2. The van der Waals surface area contributed by atoms with Crippen LogP contribution in [0, 0.1) is 17.6 Å². The van der Waals surface area contributed by atoms with Crippen molar-refractivity contribution in [2.75, 3.05) is 35.7 Å². The summed E-state index contributed by atoms with van der Waals surface area (Å²) in [7, 11) is 0. The van der Waals surface area contributed by atoms with Crippen molar-refractivity contribution in [2.45, 2.75) is 49.5 Å². The lowest BCUT2D eigenvalue weighted by molar-refractivity contribution is 0.0854. The number of piperidine rings is 1.